The van der Waals surface area contributed by atoms with Gasteiger partial charge in [-0.05, 0) is 29.8 Å². The van der Waals surface area contributed by atoms with Gasteiger partial charge in [0.15, 0.2) is 0 Å². The Hall–Kier alpha value is -2.73. The number of methoxy groups -OCH3 is 2. The predicted octanol–water partition coefficient (Wildman–Crippen LogP) is 2.86. The Balaban J connectivity index is 1.44. The van der Waals surface area contributed by atoms with E-state index in [1.165, 1.54) is 0 Å². The number of benzene rings is 2. The van der Waals surface area contributed by atoms with E-state index in [2.05, 4.69) is 10.2 Å². The van der Waals surface area contributed by atoms with Crippen molar-refractivity contribution in [1.82, 2.24) is 10.2 Å². The van der Waals surface area contributed by atoms with Crippen LogP contribution in [0, 0.1) is 0 Å². The molecule has 0 aromatic heterocycles. The van der Waals surface area contributed by atoms with Gasteiger partial charge in [-0.25, -0.2) is 0 Å². The van der Waals surface area contributed by atoms with E-state index in [-0.39, 0.29) is 11.5 Å². The molecule has 4 rings (SSSR count). The molecule has 1 amide bonds. The first-order valence-corrected chi connectivity index (χ1v) is 9.61. The third kappa shape index (κ3) is 3.78. The van der Waals surface area contributed by atoms with Crippen molar-refractivity contribution in [3.8, 4) is 17.2 Å². The molecule has 0 bridgehead atoms. The lowest BCUT2D eigenvalue weighted by atomic mass is 9.90. The summed E-state index contributed by atoms with van der Waals surface area (Å²) in [6.45, 7) is 3.17. The zero-order valence-electron chi connectivity index (χ0n) is 16.4. The van der Waals surface area contributed by atoms with E-state index in [0.717, 1.165) is 49.5 Å². The molecule has 1 N–H and O–H groups in total. The fourth-order valence-electron chi connectivity index (χ4n) is 3.96. The average molecular weight is 382 g/mol. The van der Waals surface area contributed by atoms with E-state index in [4.69, 9.17) is 14.2 Å². The summed E-state index contributed by atoms with van der Waals surface area (Å²) in [5.74, 6) is 2.23. The van der Waals surface area contributed by atoms with Crippen LogP contribution < -0.4 is 19.5 Å². The number of likely N-dealkylation sites (tertiary alicyclic amines) is 1. The van der Waals surface area contributed by atoms with Crippen LogP contribution in [0.4, 0.5) is 0 Å². The molecule has 1 fully saturated rings. The van der Waals surface area contributed by atoms with E-state index in [1.807, 2.05) is 42.5 Å². The van der Waals surface area contributed by atoms with Crippen LogP contribution in [0.2, 0.25) is 0 Å². The zero-order valence-corrected chi connectivity index (χ0v) is 16.4. The van der Waals surface area contributed by atoms with Gasteiger partial charge in [-0.3, -0.25) is 9.69 Å². The van der Waals surface area contributed by atoms with Crippen LogP contribution in [0.25, 0.3) is 0 Å². The Labute approximate surface area is 165 Å². The number of fused-ring (bicyclic) bond motifs is 1. The van der Waals surface area contributed by atoms with E-state index < -0.39 is 0 Å². The quantitative estimate of drug-likeness (QED) is 0.881. The highest BCUT2D eigenvalue weighted by Crippen LogP contribution is 2.33. The second-order valence-corrected chi connectivity index (χ2v) is 7.46. The predicted molar refractivity (Wildman–Crippen MR) is 106 cm³/mol. The molecule has 2 aromatic carbocycles. The van der Waals surface area contributed by atoms with Crippen molar-refractivity contribution >= 4 is 5.91 Å². The zero-order chi connectivity index (χ0) is 19.6. The SMILES string of the molecule is COc1cc(CN2CCC3(CC2)CNC(=O)c2ccccc2O3)cc(OC)c1. The standard InChI is InChI=1S/C22H26N2O4/c1-26-17-11-16(12-18(13-17)27-2)14-24-9-7-22(8-10-24)15-23-21(25)19-5-3-4-6-20(19)28-22/h3-6,11-13H,7-10,14-15H2,1-2H3,(H,23,25). The second kappa shape index (κ2) is 7.72. The fraction of sp³-hybridized carbons (Fsp3) is 0.409. The van der Waals surface area contributed by atoms with E-state index in [1.54, 1.807) is 14.2 Å². The number of nitrogens with zero attached hydrogens (tertiary/aromatic N) is 1. The molecule has 148 valence electrons. The number of amides is 1. The minimum Gasteiger partial charge on any atom is -0.497 e. The molecule has 1 spiro atoms. The third-order valence-electron chi connectivity index (χ3n) is 5.61. The first kappa shape index (κ1) is 18.6. The molecule has 2 heterocycles. The molecule has 1 saturated heterocycles. The van der Waals surface area contributed by atoms with E-state index in [9.17, 15) is 4.79 Å². The molecule has 0 atom stereocenters. The van der Waals surface area contributed by atoms with Crippen molar-refractivity contribution in [1.29, 1.82) is 0 Å². The summed E-state index contributed by atoms with van der Waals surface area (Å²) < 4.78 is 17.1. The van der Waals surface area contributed by atoms with Gasteiger partial charge in [0.25, 0.3) is 5.91 Å². The highest BCUT2D eigenvalue weighted by atomic mass is 16.5. The smallest absolute Gasteiger partial charge is 0.255 e. The Morgan fingerprint density at radius 2 is 1.75 bits per heavy atom. The van der Waals surface area contributed by atoms with Crippen molar-refractivity contribution < 1.29 is 19.0 Å². The molecule has 2 aliphatic rings. The maximum absolute atomic E-state index is 12.3. The molecule has 0 aliphatic carbocycles. The number of carbonyl (C=O) groups excluding carboxylic acids is 1. The lowest BCUT2D eigenvalue weighted by Gasteiger charge is -2.41. The monoisotopic (exact) mass is 382 g/mol. The maximum atomic E-state index is 12.3. The van der Waals surface area contributed by atoms with Gasteiger partial charge >= 0.3 is 0 Å². The number of carbonyl (C=O) groups is 1. The number of rotatable bonds is 4. The van der Waals surface area contributed by atoms with Crippen LogP contribution in [-0.2, 0) is 6.54 Å². The number of nitrogens with one attached hydrogen (secondary N) is 1. The normalized spacial score (nSPS) is 18.6. The lowest BCUT2D eigenvalue weighted by Crippen LogP contribution is -2.52. The van der Waals surface area contributed by atoms with Crippen molar-refractivity contribution in [2.75, 3.05) is 33.9 Å². The first-order valence-electron chi connectivity index (χ1n) is 9.61. The van der Waals surface area contributed by atoms with Crippen molar-refractivity contribution in [2.24, 2.45) is 0 Å². The van der Waals surface area contributed by atoms with Gasteiger partial charge in [0, 0.05) is 38.5 Å². The molecule has 0 radical (unpaired) electrons. The summed E-state index contributed by atoms with van der Waals surface area (Å²) in [4.78, 5) is 14.7. The van der Waals surface area contributed by atoms with Gasteiger partial charge in [0.05, 0.1) is 26.3 Å². The Bertz CT molecular complexity index is 837. The molecular formula is C22H26N2O4. The number of piperidine rings is 1. The molecule has 2 aromatic rings. The Morgan fingerprint density at radius 3 is 2.43 bits per heavy atom. The largest absolute Gasteiger partial charge is 0.497 e. The topological polar surface area (TPSA) is 60.0 Å². The lowest BCUT2D eigenvalue weighted by molar-refractivity contribution is 0.00392. The average Bonchev–Trinajstić information content (AvgIpc) is 2.86. The van der Waals surface area contributed by atoms with E-state index in [0.29, 0.717) is 17.9 Å². The van der Waals surface area contributed by atoms with Crippen LogP contribution in [0.5, 0.6) is 17.2 Å². The molecule has 6 nitrogen and oxygen atoms in total. The van der Waals surface area contributed by atoms with Crippen molar-refractivity contribution in [2.45, 2.75) is 25.0 Å². The summed E-state index contributed by atoms with van der Waals surface area (Å²) in [6, 6.07) is 13.5. The van der Waals surface area contributed by atoms with Gasteiger partial charge in [-0.15, -0.1) is 0 Å². The van der Waals surface area contributed by atoms with Gasteiger partial charge < -0.3 is 19.5 Å². The Morgan fingerprint density at radius 1 is 1.07 bits per heavy atom. The van der Waals surface area contributed by atoms with Crippen LogP contribution in [0.1, 0.15) is 28.8 Å². The van der Waals surface area contributed by atoms with Gasteiger partial charge in [-0.1, -0.05) is 12.1 Å². The van der Waals surface area contributed by atoms with Crippen molar-refractivity contribution in [3.63, 3.8) is 0 Å². The fourth-order valence-corrected chi connectivity index (χ4v) is 3.96. The van der Waals surface area contributed by atoms with Crippen molar-refractivity contribution in [3.05, 3.63) is 53.6 Å². The Kier molecular flexibility index (Phi) is 5.13. The number of para-hydroxylation sites is 1. The van der Waals surface area contributed by atoms with Gasteiger partial charge in [-0.2, -0.15) is 0 Å². The third-order valence-corrected chi connectivity index (χ3v) is 5.61. The van der Waals surface area contributed by atoms with E-state index >= 15 is 0 Å². The minimum absolute atomic E-state index is 0.0571. The molecule has 0 saturated carbocycles. The number of hydrogen-bond donors (Lipinski definition) is 1. The second-order valence-electron chi connectivity index (χ2n) is 7.46. The van der Waals surface area contributed by atoms with Crippen LogP contribution in [0.3, 0.4) is 0 Å². The highest BCUT2D eigenvalue weighted by molar-refractivity contribution is 5.97. The maximum Gasteiger partial charge on any atom is 0.255 e. The molecule has 0 unspecified atom stereocenters. The summed E-state index contributed by atoms with van der Waals surface area (Å²) in [5.41, 5.74) is 1.43. The molecular weight excluding hydrogens is 356 g/mol. The molecule has 2 aliphatic heterocycles. The number of ether oxygens (including phenoxy) is 3. The number of hydrogen-bond acceptors (Lipinski definition) is 5. The van der Waals surface area contributed by atoms with Crippen LogP contribution >= 0.6 is 0 Å². The summed E-state index contributed by atoms with van der Waals surface area (Å²) in [5, 5.41) is 3.04. The summed E-state index contributed by atoms with van der Waals surface area (Å²) in [6.07, 6.45) is 1.73. The van der Waals surface area contributed by atoms with Crippen LogP contribution in [-0.4, -0.2) is 50.3 Å². The first-order chi connectivity index (χ1) is 13.6. The highest BCUT2D eigenvalue weighted by Gasteiger charge is 2.39. The van der Waals surface area contributed by atoms with Gasteiger partial charge in [0.2, 0.25) is 0 Å². The van der Waals surface area contributed by atoms with Crippen LogP contribution in [0.15, 0.2) is 42.5 Å². The molecule has 6 heteroatoms. The summed E-state index contributed by atoms with van der Waals surface area (Å²) >= 11 is 0. The minimum atomic E-state index is -0.342. The summed E-state index contributed by atoms with van der Waals surface area (Å²) in [7, 11) is 3.33. The van der Waals surface area contributed by atoms with Gasteiger partial charge in [0.1, 0.15) is 22.8 Å². The molecule has 28 heavy (non-hydrogen) atoms.